The molecular weight excluding hydrogens is 276 g/mol. The molecule has 0 saturated heterocycles. The molecule has 1 aromatic rings. The van der Waals surface area contributed by atoms with E-state index in [-0.39, 0.29) is 12.3 Å². The van der Waals surface area contributed by atoms with E-state index >= 15 is 0 Å². The van der Waals surface area contributed by atoms with Crippen molar-refractivity contribution in [2.75, 3.05) is 13.2 Å². The van der Waals surface area contributed by atoms with E-state index in [1.807, 2.05) is 6.92 Å². The zero-order chi connectivity index (χ0) is 16.0. The molecule has 0 spiro atoms. The number of hydrogen-bond acceptors (Lipinski definition) is 5. The third-order valence-corrected chi connectivity index (χ3v) is 3.14. The zero-order valence-corrected chi connectivity index (χ0v) is 12.4. The number of hydrogen-bond donors (Lipinski definition) is 2. The van der Waals surface area contributed by atoms with Crippen molar-refractivity contribution in [3.63, 3.8) is 0 Å². The molecule has 116 valence electrons. The van der Waals surface area contributed by atoms with Crippen molar-refractivity contribution in [2.45, 2.75) is 32.7 Å². The fourth-order valence-corrected chi connectivity index (χ4v) is 1.67. The molecule has 0 radical (unpaired) electrons. The Morgan fingerprint density at radius 1 is 1.52 bits per heavy atom. The molecule has 0 bridgehead atoms. The average molecular weight is 296 g/mol. The highest BCUT2D eigenvalue weighted by atomic mass is 16.6. The summed E-state index contributed by atoms with van der Waals surface area (Å²) < 4.78 is 5.50. The summed E-state index contributed by atoms with van der Waals surface area (Å²) in [6, 6.07) is 4.26. The Hall–Kier alpha value is -2.15. The van der Waals surface area contributed by atoms with Crippen LogP contribution in [-0.2, 0) is 4.79 Å². The molecule has 0 aromatic heterocycles. The standard InChI is InChI=1S/C14H20N2O5/c1-4-7-15-14(3,13(17)18)9-21-12-8-11(16(19)20)6-5-10(12)2/h5-6,8,15H,4,7,9H2,1-3H3,(H,17,18). The Morgan fingerprint density at radius 3 is 2.71 bits per heavy atom. The van der Waals surface area contributed by atoms with Gasteiger partial charge in [0, 0.05) is 6.07 Å². The fraction of sp³-hybridized carbons (Fsp3) is 0.500. The first kappa shape index (κ1) is 16.9. The molecule has 0 aliphatic heterocycles. The maximum atomic E-state index is 11.4. The molecule has 1 atom stereocenters. The molecule has 1 aromatic carbocycles. The maximum absolute atomic E-state index is 11.4. The Balaban J connectivity index is 2.87. The predicted molar refractivity (Wildman–Crippen MR) is 77.7 cm³/mol. The van der Waals surface area contributed by atoms with Crippen LogP contribution in [0.3, 0.4) is 0 Å². The number of benzene rings is 1. The van der Waals surface area contributed by atoms with Crippen molar-refractivity contribution in [1.29, 1.82) is 0 Å². The van der Waals surface area contributed by atoms with Crippen molar-refractivity contribution in [3.05, 3.63) is 33.9 Å². The SMILES string of the molecule is CCCNC(C)(COc1cc([N+](=O)[O-])ccc1C)C(=O)O. The van der Waals surface area contributed by atoms with E-state index in [0.717, 1.165) is 6.42 Å². The highest BCUT2D eigenvalue weighted by Crippen LogP contribution is 2.25. The smallest absolute Gasteiger partial charge is 0.327 e. The molecule has 0 saturated carbocycles. The van der Waals surface area contributed by atoms with Crippen LogP contribution in [0.15, 0.2) is 18.2 Å². The Bertz CT molecular complexity index is 532. The summed E-state index contributed by atoms with van der Waals surface area (Å²) in [7, 11) is 0. The number of ether oxygens (including phenoxy) is 1. The van der Waals surface area contributed by atoms with Gasteiger partial charge in [0.05, 0.1) is 11.0 Å². The number of non-ortho nitro benzene ring substituents is 1. The van der Waals surface area contributed by atoms with Gasteiger partial charge < -0.3 is 9.84 Å². The van der Waals surface area contributed by atoms with Crippen LogP contribution in [-0.4, -0.2) is 34.7 Å². The highest BCUT2D eigenvalue weighted by molar-refractivity contribution is 5.78. The van der Waals surface area contributed by atoms with Crippen LogP contribution >= 0.6 is 0 Å². The molecule has 0 fully saturated rings. The number of carbonyl (C=O) groups is 1. The number of aryl methyl sites for hydroxylation is 1. The molecule has 1 unspecified atom stereocenters. The van der Waals surface area contributed by atoms with Gasteiger partial charge >= 0.3 is 5.97 Å². The molecule has 0 aliphatic carbocycles. The zero-order valence-electron chi connectivity index (χ0n) is 12.4. The quantitative estimate of drug-likeness (QED) is 0.563. The third-order valence-electron chi connectivity index (χ3n) is 3.14. The van der Waals surface area contributed by atoms with E-state index in [2.05, 4.69) is 5.32 Å². The van der Waals surface area contributed by atoms with Gasteiger partial charge in [-0.25, -0.2) is 0 Å². The van der Waals surface area contributed by atoms with Crippen LogP contribution < -0.4 is 10.1 Å². The second-order valence-electron chi connectivity index (χ2n) is 5.06. The van der Waals surface area contributed by atoms with Crippen molar-refractivity contribution in [3.8, 4) is 5.75 Å². The van der Waals surface area contributed by atoms with Crippen LogP contribution in [0.2, 0.25) is 0 Å². The number of nitrogens with one attached hydrogen (secondary N) is 1. The second-order valence-corrected chi connectivity index (χ2v) is 5.06. The fourth-order valence-electron chi connectivity index (χ4n) is 1.67. The number of carboxylic acid groups (broad SMARTS) is 1. The lowest BCUT2D eigenvalue weighted by Gasteiger charge is -2.26. The first-order valence-electron chi connectivity index (χ1n) is 6.66. The number of aliphatic carboxylic acids is 1. The summed E-state index contributed by atoms with van der Waals surface area (Å²) in [4.78, 5) is 21.6. The number of nitrogens with zero attached hydrogens (tertiary/aromatic N) is 1. The summed E-state index contributed by atoms with van der Waals surface area (Å²) in [5.41, 5.74) is -0.620. The van der Waals surface area contributed by atoms with E-state index in [4.69, 9.17) is 4.74 Å². The lowest BCUT2D eigenvalue weighted by Crippen LogP contribution is -2.54. The van der Waals surface area contributed by atoms with Gasteiger partial charge in [0.2, 0.25) is 0 Å². The third kappa shape index (κ3) is 4.42. The van der Waals surface area contributed by atoms with Gasteiger partial charge in [-0.05, 0) is 38.4 Å². The van der Waals surface area contributed by atoms with E-state index in [1.54, 1.807) is 13.0 Å². The van der Waals surface area contributed by atoms with Gasteiger partial charge in [-0.1, -0.05) is 6.92 Å². The molecular formula is C14H20N2O5. The molecule has 2 N–H and O–H groups in total. The largest absolute Gasteiger partial charge is 0.491 e. The van der Waals surface area contributed by atoms with Gasteiger partial charge in [-0.3, -0.25) is 20.2 Å². The van der Waals surface area contributed by atoms with Crippen LogP contribution in [0.4, 0.5) is 5.69 Å². The Morgan fingerprint density at radius 2 is 2.19 bits per heavy atom. The summed E-state index contributed by atoms with van der Waals surface area (Å²) in [5, 5.41) is 23.0. The first-order chi connectivity index (χ1) is 9.80. The first-order valence-corrected chi connectivity index (χ1v) is 6.66. The van der Waals surface area contributed by atoms with E-state index in [1.165, 1.54) is 19.1 Å². The maximum Gasteiger partial charge on any atom is 0.327 e. The number of nitro groups is 1. The minimum atomic E-state index is -1.24. The second kappa shape index (κ2) is 7.03. The van der Waals surface area contributed by atoms with Crippen molar-refractivity contribution >= 4 is 11.7 Å². The number of carboxylic acids is 1. The van der Waals surface area contributed by atoms with Crippen molar-refractivity contribution < 1.29 is 19.6 Å². The monoisotopic (exact) mass is 296 g/mol. The summed E-state index contributed by atoms with van der Waals surface area (Å²) >= 11 is 0. The Kier molecular flexibility index (Phi) is 5.66. The number of rotatable bonds is 8. The minimum Gasteiger partial charge on any atom is -0.491 e. The van der Waals surface area contributed by atoms with Crippen molar-refractivity contribution in [1.82, 2.24) is 5.32 Å². The van der Waals surface area contributed by atoms with Crippen LogP contribution in [0.25, 0.3) is 0 Å². The summed E-state index contributed by atoms with van der Waals surface area (Å²) in [6.45, 7) is 5.62. The Labute approximate surface area is 123 Å². The average Bonchev–Trinajstić information content (AvgIpc) is 2.43. The molecule has 7 heteroatoms. The van der Waals surface area contributed by atoms with Gasteiger partial charge in [0.1, 0.15) is 17.9 Å². The molecule has 0 aliphatic rings. The minimum absolute atomic E-state index is 0.0888. The van der Waals surface area contributed by atoms with E-state index in [9.17, 15) is 20.0 Å². The summed E-state index contributed by atoms with van der Waals surface area (Å²) in [5.74, 6) is -0.714. The number of nitro benzene ring substituents is 1. The topological polar surface area (TPSA) is 102 Å². The molecule has 1 rings (SSSR count). The van der Waals surface area contributed by atoms with E-state index < -0.39 is 16.4 Å². The van der Waals surface area contributed by atoms with Crippen LogP contribution in [0, 0.1) is 17.0 Å². The lowest BCUT2D eigenvalue weighted by molar-refractivity contribution is -0.385. The predicted octanol–water partition coefficient (Wildman–Crippen LogP) is 2.12. The van der Waals surface area contributed by atoms with E-state index in [0.29, 0.717) is 17.9 Å². The normalized spacial score (nSPS) is 13.5. The van der Waals surface area contributed by atoms with Gasteiger partial charge in [0.25, 0.3) is 5.69 Å². The molecule has 7 nitrogen and oxygen atoms in total. The molecule has 21 heavy (non-hydrogen) atoms. The molecule has 0 amide bonds. The highest BCUT2D eigenvalue weighted by Gasteiger charge is 2.33. The van der Waals surface area contributed by atoms with Gasteiger partial charge in [-0.2, -0.15) is 0 Å². The van der Waals surface area contributed by atoms with Gasteiger partial charge in [0.15, 0.2) is 0 Å². The summed E-state index contributed by atoms with van der Waals surface area (Å²) in [6.07, 6.45) is 0.790. The van der Waals surface area contributed by atoms with Crippen LogP contribution in [0.1, 0.15) is 25.8 Å². The van der Waals surface area contributed by atoms with Crippen molar-refractivity contribution in [2.24, 2.45) is 0 Å². The van der Waals surface area contributed by atoms with Gasteiger partial charge in [-0.15, -0.1) is 0 Å². The molecule has 0 heterocycles. The van der Waals surface area contributed by atoms with Crippen LogP contribution in [0.5, 0.6) is 5.75 Å². The lowest BCUT2D eigenvalue weighted by atomic mass is 10.0.